The van der Waals surface area contributed by atoms with E-state index in [1.54, 1.807) is 25.3 Å². The van der Waals surface area contributed by atoms with Crippen LogP contribution in [-0.2, 0) is 10.0 Å². The Balaban J connectivity index is 1.65. The van der Waals surface area contributed by atoms with Crippen LogP contribution in [0.4, 0.5) is 9.18 Å². The van der Waals surface area contributed by atoms with E-state index in [-0.39, 0.29) is 46.4 Å². The first-order valence-electron chi connectivity index (χ1n) is 15.6. The van der Waals surface area contributed by atoms with Crippen molar-refractivity contribution in [3.63, 3.8) is 0 Å². The summed E-state index contributed by atoms with van der Waals surface area (Å²) in [4.78, 5) is 22.7. The van der Waals surface area contributed by atoms with Crippen LogP contribution in [-0.4, -0.2) is 100 Å². The second-order valence-corrected chi connectivity index (χ2v) is 14.2. The molecule has 0 spiro atoms. The number of amides is 1. The Bertz CT molecular complexity index is 1920. The normalized spacial score (nSPS) is 21.4. The molecule has 2 fully saturated rings. The second kappa shape index (κ2) is 13.4. The van der Waals surface area contributed by atoms with Gasteiger partial charge in [-0.2, -0.15) is 0 Å². The molecule has 2 N–H and O–H groups in total. The smallest absolute Gasteiger partial charge is 0.409 e. The van der Waals surface area contributed by atoms with E-state index < -0.39 is 45.4 Å². The zero-order valence-corrected chi connectivity index (χ0v) is 28.2. The Morgan fingerprint density at radius 1 is 1.10 bits per heavy atom. The van der Waals surface area contributed by atoms with Crippen molar-refractivity contribution in [3.8, 4) is 17.5 Å². The SMILES string of the molecule is CCOc1ncccc1C1C(c2c(O)n(S(=O)(=O)c3ccc(OC)cc3)c3ccc(F)cc23)N(C(=O)O)C(Cl)CN1C1CCN(C)CC1. The van der Waals surface area contributed by atoms with Crippen LogP contribution in [0.1, 0.15) is 43.0 Å². The molecule has 15 heteroatoms. The number of carbonyl (C=O) groups is 1. The van der Waals surface area contributed by atoms with E-state index in [1.165, 1.54) is 37.4 Å². The fraction of sp³-hybridized carbons (Fsp3) is 0.394. The van der Waals surface area contributed by atoms with Gasteiger partial charge in [-0.15, -0.1) is 0 Å². The summed E-state index contributed by atoms with van der Waals surface area (Å²) in [5, 5.41) is 22.8. The summed E-state index contributed by atoms with van der Waals surface area (Å²) in [6, 6.07) is 10.3. The number of halogens is 2. The van der Waals surface area contributed by atoms with Gasteiger partial charge < -0.3 is 24.6 Å². The molecular weight excluding hydrogens is 665 g/mol. The van der Waals surface area contributed by atoms with Gasteiger partial charge in [0.2, 0.25) is 11.8 Å². The number of methoxy groups -OCH3 is 1. The van der Waals surface area contributed by atoms with E-state index in [2.05, 4.69) is 14.8 Å². The highest BCUT2D eigenvalue weighted by Crippen LogP contribution is 2.53. The number of hydrogen-bond acceptors (Lipinski definition) is 9. The van der Waals surface area contributed by atoms with Crippen molar-refractivity contribution >= 4 is 38.6 Å². The van der Waals surface area contributed by atoms with Crippen molar-refractivity contribution in [1.29, 1.82) is 0 Å². The molecule has 4 heterocycles. The molecule has 48 heavy (non-hydrogen) atoms. The van der Waals surface area contributed by atoms with Crippen molar-refractivity contribution in [1.82, 2.24) is 23.7 Å². The van der Waals surface area contributed by atoms with Crippen LogP contribution >= 0.6 is 11.6 Å². The van der Waals surface area contributed by atoms with Gasteiger partial charge in [0.15, 0.2) is 0 Å². The first-order valence-corrected chi connectivity index (χ1v) is 17.4. The first kappa shape index (κ1) is 33.8. The molecule has 2 aliphatic rings. The number of likely N-dealkylation sites (tertiary alicyclic amines) is 1. The van der Waals surface area contributed by atoms with Gasteiger partial charge >= 0.3 is 6.09 Å². The first-order chi connectivity index (χ1) is 23.0. The summed E-state index contributed by atoms with van der Waals surface area (Å²) in [6.45, 7) is 3.77. The number of rotatable bonds is 8. The lowest BCUT2D eigenvalue weighted by atomic mass is 9.86. The minimum Gasteiger partial charge on any atom is -0.497 e. The number of pyridine rings is 1. The Kier molecular flexibility index (Phi) is 9.44. The molecule has 12 nitrogen and oxygen atoms in total. The Hall–Kier alpha value is -4.11. The van der Waals surface area contributed by atoms with Crippen molar-refractivity contribution < 1.29 is 37.3 Å². The summed E-state index contributed by atoms with van der Waals surface area (Å²) in [5.41, 5.74) is -0.737. The highest BCUT2D eigenvalue weighted by atomic mass is 35.5. The van der Waals surface area contributed by atoms with Crippen molar-refractivity contribution in [2.45, 2.75) is 48.3 Å². The molecule has 256 valence electrons. The maximum atomic E-state index is 15.1. The Morgan fingerprint density at radius 3 is 2.46 bits per heavy atom. The van der Waals surface area contributed by atoms with Crippen LogP contribution in [0.3, 0.4) is 0 Å². The summed E-state index contributed by atoms with van der Waals surface area (Å²) >= 11 is 6.93. The highest BCUT2D eigenvalue weighted by molar-refractivity contribution is 7.90. The van der Waals surface area contributed by atoms with Gasteiger partial charge in [-0.25, -0.2) is 26.6 Å². The second-order valence-electron chi connectivity index (χ2n) is 11.9. The highest BCUT2D eigenvalue weighted by Gasteiger charge is 2.51. The number of aromatic hydroxyl groups is 1. The van der Waals surface area contributed by atoms with Crippen LogP contribution in [0.15, 0.2) is 65.7 Å². The largest absolute Gasteiger partial charge is 0.497 e. The van der Waals surface area contributed by atoms with Crippen molar-refractivity contribution in [3.05, 3.63) is 77.7 Å². The van der Waals surface area contributed by atoms with Gasteiger partial charge in [-0.3, -0.25) is 9.80 Å². The minimum atomic E-state index is -4.51. The molecule has 0 saturated carbocycles. The van der Waals surface area contributed by atoms with Gasteiger partial charge in [-0.1, -0.05) is 17.7 Å². The molecule has 2 saturated heterocycles. The summed E-state index contributed by atoms with van der Waals surface area (Å²) < 4.78 is 55.4. The van der Waals surface area contributed by atoms with Crippen LogP contribution < -0.4 is 9.47 Å². The third-order valence-corrected chi connectivity index (χ3v) is 11.3. The number of aromatic nitrogens is 2. The molecule has 2 aliphatic heterocycles. The monoisotopic (exact) mass is 701 g/mol. The summed E-state index contributed by atoms with van der Waals surface area (Å²) in [7, 11) is -1.03. The molecule has 0 aliphatic carbocycles. The zero-order chi connectivity index (χ0) is 34.3. The maximum absolute atomic E-state index is 15.1. The summed E-state index contributed by atoms with van der Waals surface area (Å²) in [6.07, 6.45) is 1.65. The van der Waals surface area contributed by atoms with Gasteiger partial charge in [0.05, 0.1) is 36.2 Å². The van der Waals surface area contributed by atoms with Gasteiger partial charge in [0.25, 0.3) is 10.0 Å². The van der Waals surface area contributed by atoms with Crippen LogP contribution in [0, 0.1) is 5.82 Å². The third-order valence-electron chi connectivity index (χ3n) is 9.19. The molecule has 0 radical (unpaired) electrons. The fourth-order valence-electron chi connectivity index (χ4n) is 6.99. The topological polar surface area (TPSA) is 138 Å². The maximum Gasteiger partial charge on any atom is 0.409 e. The average Bonchev–Trinajstić information content (AvgIpc) is 3.36. The summed E-state index contributed by atoms with van der Waals surface area (Å²) in [5.74, 6) is -0.790. The molecule has 6 rings (SSSR count). The lowest BCUT2D eigenvalue weighted by Gasteiger charge is -2.52. The Morgan fingerprint density at radius 2 is 1.81 bits per heavy atom. The average molecular weight is 702 g/mol. The van der Waals surface area contributed by atoms with E-state index in [1.807, 2.05) is 7.05 Å². The number of benzene rings is 2. The standard InChI is InChI=1S/C33H37ClFN5O7S/c1-4-47-31-24(6-5-15-36-31)29-30(39(33(42)43)27(34)19-38(29)21-13-16-37(2)17-14-21)28-25-18-20(35)7-12-26(25)40(32(28)41)48(44,45)23-10-8-22(46-3)9-11-23/h5-12,15,18,21,27,29-30,41H,4,13-14,16-17,19H2,1-3H3,(H,42,43). The number of piperazine rings is 1. The number of ether oxygens (including phenoxy) is 2. The van der Waals surface area contributed by atoms with Crippen LogP contribution in [0.2, 0.25) is 0 Å². The molecule has 3 unspecified atom stereocenters. The van der Waals surface area contributed by atoms with E-state index in [4.69, 9.17) is 21.1 Å². The lowest BCUT2D eigenvalue weighted by Crippen LogP contribution is -2.59. The number of nitrogens with zero attached hydrogens (tertiary/aromatic N) is 5. The quantitative estimate of drug-likeness (QED) is 0.185. The molecule has 4 aromatic rings. The van der Waals surface area contributed by atoms with Crippen molar-refractivity contribution in [2.24, 2.45) is 0 Å². The molecular formula is C33H37ClFN5O7S. The predicted octanol–water partition coefficient (Wildman–Crippen LogP) is 5.26. The number of fused-ring (bicyclic) bond motifs is 1. The van der Waals surface area contributed by atoms with E-state index >= 15 is 4.39 Å². The van der Waals surface area contributed by atoms with E-state index in [0.29, 0.717) is 11.3 Å². The zero-order valence-electron chi connectivity index (χ0n) is 26.7. The van der Waals surface area contributed by atoms with Crippen LogP contribution in [0.25, 0.3) is 10.9 Å². The molecule has 1 amide bonds. The number of alkyl halides is 1. The molecule has 0 bridgehead atoms. The van der Waals surface area contributed by atoms with Crippen LogP contribution in [0.5, 0.6) is 17.5 Å². The lowest BCUT2D eigenvalue weighted by molar-refractivity contribution is -0.0282. The molecule has 2 aromatic heterocycles. The number of piperidine rings is 1. The fourth-order valence-corrected chi connectivity index (χ4v) is 8.79. The number of carboxylic acid groups (broad SMARTS) is 1. The molecule has 2 aromatic carbocycles. The van der Waals surface area contributed by atoms with Crippen molar-refractivity contribution in [2.75, 3.05) is 40.4 Å². The minimum absolute atomic E-state index is 0.0155. The van der Waals surface area contributed by atoms with Gasteiger partial charge in [0, 0.05) is 35.3 Å². The Labute approximate surface area is 282 Å². The van der Waals surface area contributed by atoms with Gasteiger partial charge in [0.1, 0.15) is 17.1 Å². The predicted molar refractivity (Wildman–Crippen MR) is 177 cm³/mol. The number of hydrogen-bond donors (Lipinski definition) is 2. The van der Waals surface area contributed by atoms with E-state index in [0.717, 1.165) is 46.9 Å². The van der Waals surface area contributed by atoms with E-state index in [9.17, 15) is 23.4 Å². The third kappa shape index (κ3) is 5.91. The molecule has 3 atom stereocenters. The van der Waals surface area contributed by atoms with Gasteiger partial charge in [-0.05, 0) is 88.4 Å².